The highest BCUT2D eigenvalue weighted by Crippen LogP contribution is 2.36. The minimum Gasteiger partial charge on any atom is -0.496 e. The van der Waals surface area contributed by atoms with Gasteiger partial charge in [0.25, 0.3) is 0 Å². The Morgan fingerprint density at radius 1 is 1.53 bits per heavy atom. The van der Waals surface area contributed by atoms with Crippen molar-refractivity contribution >= 4 is 11.8 Å². The van der Waals surface area contributed by atoms with Crippen molar-refractivity contribution in [1.82, 2.24) is 0 Å². The van der Waals surface area contributed by atoms with Gasteiger partial charge in [-0.05, 0) is 24.8 Å². The lowest BCUT2D eigenvalue weighted by molar-refractivity contribution is 0.179. The number of aryl methyl sites for hydroxylation is 1. The molecule has 0 aromatic heterocycles. The monoisotopic (exact) mass is 227 g/mol. The zero-order valence-electron chi connectivity index (χ0n) is 9.28. The smallest absolute Gasteiger partial charge is 0.128 e. The van der Waals surface area contributed by atoms with Gasteiger partial charge in [-0.2, -0.15) is 0 Å². The number of ether oxygens (including phenoxy) is 1. The molecule has 1 aromatic rings. The molecule has 0 spiro atoms. The van der Waals surface area contributed by atoms with E-state index < -0.39 is 6.10 Å². The molecule has 0 aliphatic heterocycles. The Hall–Kier alpha value is -0.710. The Bertz CT molecular complexity index is 342. The fraction of sp³-hybridized carbons (Fsp3) is 0.455. The third-order valence-electron chi connectivity index (χ3n) is 2.33. The number of nitrogens with two attached hydrogens (primary N) is 1. The number of aliphatic hydroxyl groups excluding tert-OH is 1. The average Bonchev–Trinajstić information content (AvgIpc) is 2.27. The lowest BCUT2D eigenvalue weighted by Gasteiger charge is -2.18. The summed E-state index contributed by atoms with van der Waals surface area (Å²) in [5.41, 5.74) is 7.30. The summed E-state index contributed by atoms with van der Waals surface area (Å²) in [5.74, 6) is 0.736. The van der Waals surface area contributed by atoms with E-state index in [2.05, 4.69) is 0 Å². The third-order valence-corrected chi connectivity index (χ3v) is 3.13. The Kier molecular flexibility index (Phi) is 4.45. The van der Waals surface area contributed by atoms with Crippen molar-refractivity contribution in [2.75, 3.05) is 19.9 Å². The van der Waals surface area contributed by atoms with E-state index in [9.17, 15) is 5.11 Å². The summed E-state index contributed by atoms with van der Waals surface area (Å²) in [6, 6.07) is 3.97. The summed E-state index contributed by atoms with van der Waals surface area (Å²) in [4.78, 5) is 1.01. The largest absolute Gasteiger partial charge is 0.496 e. The van der Waals surface area contributed by atoms with Gasteiger partial charge < -0.3 is 15.6 Å². The van der Waals surface area contributed by atoms with E-state index in [1.165, 1.54) is 0 Å². The zero-order valence-corrected chi connectivity index (χ0v) is 10.1. The Morgan fingerprint density at radius 2 is 2.20 bits per heavy atom. The molecule has 1 aromatic carbocycles. The van der Waals surface area contributed by atoms with Crippen LogP contribution in [0.2, 0.25) is 0 Å². The topological polar surface area (TPSA) is 55.5 Å². The van der Waals surface area contributed by atoms with Gasteiger partial charge >= 0.3 is 0 Å². The number of benzene rings is 1. The summed E-state index contributed by atoms with van der Waals surface area (Å²) in [5, 5.41) is 9.86. The van der Waals surface area contributed by atoms with Crippen LogP contribution in [0.25, 0.3) is 0 Å². The van der Waals surface area contributed by atoms with E-state index in [0.29, 0.717) is 0 Å². The molecule has 0 bridgehead atoms. The highest BCUT2D eigenvalue weighted by Gasteiger charge is 2.17. The molecular weight excluding hydrogens is 210 g/mol. The lowest BCUT2D eigenvalue weighted by atomic mass is 10.0. The molecule has 0 saturated heterocycles. The van der Waals surface area contributed by atoms with Crippen molar-refractivity contribution in [1.29, 1.82) is 0 Å². The molecule has 0 aliphatic rings. The van der Waals surface area contributed by atoms with Gasteiger partial charge in [-0.25, -0.2) is 0 Å². The van der Waals surface area contributed by atoms with Crippen molar-refractivity contribution in [2.45, 2.75) is 17.9 Å². The fourth-order valence-electron chi connectivity index (χ4n) is 1.57. The molecule has 0 radical (unpaired) electrons. The molecule has 0 fully saturated rings. The first kappa shape index (κ1) is 12.4. The second-order valence-corrected chi connectivity index (χ2v) is 4.13. The van der Waals surface area contributed by atoms with Crippen molar-refractivity contribution in [3.8, 4) is 5.75 Å². The maximum atomic E-state index is 9.86. The molecule has 84 valence electrons. The van der Waals surface area contributed by atoms with Crippen molar-refractivity contribution in [2.24, 2.45) is 5.73 Å². The van der Waals surface area contributed by atoms with Crippen LogP contribution < -0.4 is 10.5 Å². The second kappa shape index (κ2) is 5.39. The number of hydrogen-bond donors (Lipinski definition) is 2. The van der Waals surface area contributed by atoms with E-state index in [0.717, 1.165) is 21.8 Å². The first-order chi connectivity index (χ1) is 7.15. The molecule has 0 aliphatic carbocycles. The molecule has 15 heavy (non-hydrogen) atoms. The van der Waals surface area contributed by atoms with Crippen LogP contribution >= 0.6 is 11.8 Å². The maximum absolute atomic E-state index is 9.86. The molecule has 0 saturated carbocycles. The SMILES string of the molecule is COc1c(C)ccc(SC)c1C(O)CN. The summed E-state index contributed by atoms with van der Waals surface area (Å²) in [6.45, 7) is 2.16. The van der Waals surface area contributed by atoms with Crippen LogP contribution in [-0.4, -0.2) is 25.0 Å². The van der Waals surface area contributed by atoms with E-state index in [-0.39, 0.29) is 6.54 Å². The van der Waals surface area contributed by atoms with Crippen LogP contribution in [0.4, 0.5) is 0 Å². The first-order valence-electron chi connectivity index (χ1n) is 4.75. The normalized spacial score (nSPS) is 12.6. The van der Waals surface area contributed by atoms with Crippen LogP contribution in [0, 0.1) is 6.92 Å². The zero-order chi connectivity index (χ0) is 11.4. The third kappa shape index (κ3) is 2.45. The van der Waals surface area contributed by atoms with Crippen LogP contribution in [0.1, 0.15) is 17.2 Å². The summed E-state index contributed by atoms with van der Waals surface area (Å²) in [6.07, 6.45) is 1.30. The van der Waals surface area contributed by atoms with E-state index in [1.807, 2.05) is 25.3 Å². The van der Waals surface area contributed by atoms with Gasteiger partial charge in [0.15, 0.2) is 0 Å². The molecule has 3 N–H and O–H groups in total. The number of rotatable bonds is 4. The fourth-order valence-corrected chi connectivity index (χ4v) is 2.23. The van der Waals surface area contributed by atoms with Gasteiger partial charge in [-0.1, -0.05) is 6.07 Å². The van der Waals surface area contributed by atoms with Gasteiger partial charge in [0, 0.05) is 17.0 Å². The number of hydrogen-bond acceptors (Lipinski definition) is 4. The molecule has 0 heterocycles. The molecular formula is C11H17NO2S. The van der Waals surface area contributed by atoms with Gasteiger partial charge in [-0.3, -0.25) is 0 Å². The average molecular weight is 227 g/mol. The predicted octanol–water partition coefficient (Wildman–Crippen LogP) is 1.72. The van der Waals surface area contributed by atoms with Gasteiger partial charge in [0.2, 0.25) is 0 Å². The van der Waals surface area contributed by atoms with Crippen LogP contribution in [0.5, 0.6) is 5.75 Å². The standard InChI is InChI=1S/C11H17NO2S/c1-7-4-5-9(15-3)10(8(13)6-12)11(7)14-2/h4-5,8,13H,6,12H2,1-3H3. The Labute approximate surface area is 94.6 Å². The summed E-state index contributed by atoms with van der Waals surface area (Å²) >= 11 is 1.58. The molecule has 1 unspecified atom stereocenters. The second-order valence-electron chi connectivity index (χ2n) is 3.28. The maximum Gasteiger partial charge on any atom is 0.128 e. The van der Waals surface area contributed by atoms with Crippen molar-refractivity contribution in [3.05, 3.63) is 23.3 Å². The lowest BCUT2D eigenvalue weighted by Crippen LogP contribution is -2.14. The number of aliphatic hydroxyl groups is 1. The summed E-state index contributed by atoms with van der Waals surface area (Å²) < 4.78 is 5.31. The summed E-state index contributed by atoms with van der Waals surface area (Å²) in [7, 11) is 1.61. The highest BCUT2D eigenvalue weighted by molar-refractivity contribution is 7.98. The molecule has 0 amide bonds. The van der Waals surface area contributed by atoms with Crippen LogP contribution in [-0.2, 0) is 0 Å². The molecule has 1 rings (SSSR count). The minimum atomic E-state index is -0.665. The quantitative estimate of drug-likeness (QED) is 0.769. The van der Waals surface area contributed by atoms with Crippen LogP contribution in [0.15, 0.2) is 17.0 Å². The van der Waals surface area contributed by atoms with Crippen LogP contribution in [0.3, 0.4) is 0 Å². The predicted molar refractivity (Wildman–Crippen MR) is 63.5 cm³/mol. The van der Waals surface area contributed by atoms with Gasteiger partial charge in [-0.15, -0.1) is 11.8 Å². The molecule has 4 heteroatoms. The first-order valence-corrected chi connectivity index (χ1v) is 5.97. The Balaban J connectivity index is 3.33. The highest BCUT2D eigenvalue weighted by atomic mass is 32.2. The van der Waals surface area contributed by atoms with E-state index in [4.69, 9.17) is 10.5 Å². The molecule has 3 nitrogen and oxygen atoms in total. The number of methoxy groups -OCH3 is 1. The molecule has 1 atom stereocenters. The van der Waals surface area contributed by atoms with E-state index >= 15 is 0 Å². The Morgan fingerprint density at radius 3 is 2.67 bits per heavy atom. The minimum absolute atomic E-state index is 0.202. The van der Waals surface area contributed by atoms with E-state index in [1.54, 1.807) is 18.9 Å². The van der Waals surface area contributed by atoms with Gasteiger partial charge in [0.05, 0.1) is 13.2 Å². The van der Waals surface area contributed by atoms with Crippen molar-refractivity contribution in [3.63, 3.8) is 0 Å². The van der Waals surface area contributed by atoms with Gasteiger partial charge in [0.1, 0.15) is 5.75 Å². The van der Waals surface area contributed by atoms with Crippen molar-refractivity contribution < 1.29 is 9.84 Å². The number of thioether (sulfide) groups is 1.